The molecule has 2 atom stereocenters. The molecule has 2 aromatic rings. The molecule has 28 heavy (non-hydrogen) atoms. The molecule has 1 heterocycles. The third-order valence-corrected chi connectivity index (χ3v) is 5.79. The number of hydrogen-bond donors (Lipinski definition) is 2. The number of thioether (sulfide) groups is 1. The molecule has 0 radical (unpaired) electrons. The van der Waals surface area contributed by atoms with Crippen LogP contribution >= 0.6 is 23.4 Å². The van der Waals surface area contributed by atoms with E-state index < -0.39 is 23.7 Å². The van der Waals surface area contributed by atoms with E-state index in [4.69, 9.17) is 16.3 Å². The van der Waals surface area contributed by atoms with Crippen molar-refractivity contribution in [2.24, 2.45) is 0 Å². The van der Waals surface area contributed by atoms with E-state index in [9.17, 15) is 14.4 Å². The Labute approximate surface area is 172 Å². The van der Waals surface area contributed by atoms with Crippen molar-refractivity contribution < 1.29 is 19.1 Å². The van der Waals surface area contributed by atoms with Crippen LogP contribution in [0.2, 0.25) is 5.02 Å². The van der Waals surface area contributed by atoms with Gasteiger partial charge in [0, 0.05) is 9.92 Å². The summed E-state index contributed by atoms with van der Waals surface area (Å²) in [4.78, 5) is 37.1. The molecule has 0 unspecified atom stereocenters. The third-order valence-electron chi connectivity index (χ3n) is 4.17. The summed E-state index contributed by atoms with van der Waals surface area (Å²) >= 11 is 7.42. The van der Waals surface area contributed by atoms with E-state index in [1.165, 1.54) is 11.8 Å². The Bertz CT molecular complexity index is 905. The fraction of sp³-hybridized carbons (Fsp3) is 0.250. The maximum absolute atomic E-state index is 12.1. The number of fused-ring (bicyclic) bond motifs is 1. The Morgan fingerprint density at radius 1 is 1.21 bits per heavy atom. The summed E-state index contributed by atoms with van der Waals surface area (Å²) in [6, 6.07) is 14.2. The predicted molar refractivity (Wildman–Crippen MR) is 108 cm³/mol. The van der Waals surface area contributed by atoms with E-state index in [1.807, 2.05) is 30.3 Å². The van der Waals surface area contributed by atoms with Gasteiger partial charge in [-0.15, -0.1) is 11.8 Å². The maximum atomic E-state index is 12.1. The normalized spacial score (nSPS) is 16.5. The molecule has 0 fully saturated rings. The molecular formula is C20H19ClN2O4S. The summed E-state index contributed by atoms with van der Waals surface area (Å²) < 4.78 is 5.03. The molecule has 8 heteroatoms. The molecule has 1 aliphatic heterocycles. The topological polar surface area (TPSA) is 84.5 Å². The Hall–Kier alpha value is -2.51. The molecule has 0 bridgehead atoms. The highest BCUT2D eigenvalue weighted by Gasteiger charge is 2.29. The standard InChI is InChI=1S/C20H19ClN2O4S/c1-12(13-6-2-3-7-14(13)21)22-18(24)11-27-19(25)10-17-20(26)23-15-8-4-5-9-16(15)28-17/h2-9,12,17H,10-11H2,1H3,(H,22,24)(H,23,26)/t12-,17+/m1/s1. The Kier molecular flexibility index (Phi) is 6.59. The second kappa shape index (κ2) is 9.12. The summed E-state index contributed by atoms with van der Waals surface area (Å²) in [7, 11) is 0. The Morgan fingerprint density at radius 3 is 2.71 bits per heavy atom. The number of halogens is 1. The van der Waals surface area contributed by atoms with Crippen LogP contribution in [0.3, 0.4) is 0 Å². The predicted octanol–water partition coefficient (Wildman–Crippen LogP) is 3.56. The first-order valence-corrected chi connectivity index (χ1v) is 9.96. The number of nitrogens with one attached hydrogen (secondary N) is 2. The number of benzene rings is 2. The maximum Gasteiger partial charge on any atom is 0.307 e. The molecule has 1 aliphatic rings. The molecular weight excluding hydrogens is 400 g/mol. The van der Waals surface area contributed by atoms with Crippen LogP contribution in [0.25, 0.3) is 0 Å². The minimum absolute atomic E-state index is 0.113. The number of ether oxygens (including phenoxy) is 1. The van der Waals surface area contributed by atoms with Gasteiger partial charge in [-0.3, -0.25) is 14.4 Å². The minimum atomic E-state index is -0.604. The molecule has 0 aliphatic carbocycles. The van der Waals surface area contributed by atoms with Crippen LogP contribution in [-0.4, -0.2) is 29.6 Å². The fourth-order valence-electron chi connectivity index (χ4n) is 2.77. The van der Waals surface area contributed by atoms with Gasteiger partial charge in [-0.25, -0.2) is 0 Å². The Balaban J connectivity index is 1.47. The lowest BCUT2D eigenvalue weighted by molar-refractivity contribution is -0.149. The first-order valence-electron chi connectivity index (χ1n) is 8.70. The van der Waals surface area contributed by atoms with Crippen LogP contribution in [0.4, 0.5) is 5.69 Å². The number of amides is 2. The molecule has 6 nitrogen and oxygen atoms in total. The first-order chi connectivity index (χ1) is 13.4. The van der Waals surface area contributed by atoms with Crippen molar-refractivity contribution in [2.75, 3.05) is 11.9 Å². The highest BCUT2D eigenvalue weighted by atomic mass is 35.5. The minimum Gasteiger partial charge on any atom is -0.456 e. The van der Waals surface area contributed by atoms with Crippen LogP contribution < -0.4 is 10.6 Å². The molecule has 2 aromatic carbocycles. The second-order valence-corrected chi connectivity index (χ2v) is 7.92. The van der Waals surface area contributed by atoms with Gasteiger partial charge in [-0.1, -0.05) is 41.9 Å². The van der Waals surface area contributed by atoms with Crippen LogP contribution in [-0.2, 0) is 19.1 Å². The lowest BCUT2D eigenvalue weighted by Gasteiger charge is -2.23. The zero-order chi connectivity index (χ0) is 20.1. The molecule has 3 rings (SSSR count). The van der Waals surface area contributed by atoms with Crippen molar-refractivity contribution in [3.8, 4) is 0 Å². The largest absolute Gasteiger partial charge is 0.456 e. The number of para-hydroxylation sites is 1. The van der Waals surface area contributed by atoms with E-state index in [0.717, 1.165) is 16.1 Å². The SMILES string of the molecule is C[C@@H](NC(=O)COC(=O)C[C@@H]1Sc2ccccc2NC1=O)c1ccccc1Cl. The van der Waals surface area contributed by atoms with Gasteiger partial charge in [0.25, 0.3) is 5.91 Å². The molecule has 146 valence electrons. The van der Waals surface area contributed by atoms with Crippen molar-refractivity contribution >= 4 is 46.8 Å². The number of hydrogen-bond acceptors (Lipinski definition) is 5. The molecule has 2 amide bonds. The number of esters is 1. The van der Waals surface area contributed by atoms with E-state index in [2.05, 4.69) is 10.6 Å². The molecule has 0 saturated carbocycles. The van der Waals surface area contributed by atoms with Gasteiger partial charge in [-0.05, 0) is 30.7 Å². The molecule has 0 spiro atoms. The van der Waals surface area contributed by atoms with Crippen LogP contribution in [0, 0.1) is 0 Å². The zero-order valence-electron chi connectivity index (χ0n) is 15.1. The quantitative estimate of drug-likeness (QED) is 0.700. The van der Waals surface area contributed by atoms with Gasteiger partial charge >= 0.3 is 5.97 Å². The van der Waals surface area contributed by atoms with Crippen molar-refractivity contribution in [2.45, 2.75) is 29.5 Å². The number of rotatable bonds is 6. The molecule has 0 aromatic heterocycles. The average Bonchev–Trinajstić information content (AvgIpc) is 2.67. The zero-order valence-corrected chi connectivity index (χ0v) is 16.7. The average molecular weight is 419 g/mol. The van der Waals surface area contributed by atoms with Gasteiger partial charge in [0.15, 0.2) is 6.61 Å². The van der Waals surface area contributed by atoms with Crippen LogP contribution in [0.1, 0.15) is 24.9 Å². The first kappa shape index (κ1) is 20.2. The van der Waals surface area contributed by atoms with Gasteiger partial charge < -0.3 is 15.4 Å². The summed E-state index contributed by atoms with van der Waals surface area (Å²) in [5.74, 6) is -1.29. The second-order valence-electron chi connectivity index (χ2n) is 6.27. The summed E-state index contributed by atoms with van der Waals surface area (Å²) in [5.41, 5.74) is 1.51. The highest BCUT2D eigenvalue weighted by Crippen LogP contribution is 2.36. The van der Waals surface area contributed by atoms with E-state index >= 15 is 0 Å². The number of carbonyl (C=O) groups is 3. The van der Waals surface area contributed by atoms with Crippen molar-refractivity contribution in [1.29, 1.82) is 0 Å². The van der Waals surface area contributed by atoms with Gasteiger partial charge in [0.2, 0.25) is 5.91 Å². The Morgan fingerprint density at radius 2 is 1.93 bits per heavy atom. The third kappa shape index (κ3) is 5.05. The van der Waals surface area contributed by atoms with E-state index in [-0.39, 0.29) is 18.4 Å². The fourth-order valence-corrected chi connectivity index (χ4v) is 4.17. The van der Waals surface area contributed by atoms with Crippen LogP contribution in [0.15, 0.2) is 53.4 Å². The monoisotopic (exact) mass is 418 g/mol. The van der Waals surface area contributed by atoms with Crippen molar-refractivity contribution in [1.82, 2.24) is 5.32 Å². The van der Waals surface area contributed by atoms with Crippen molar-refractivity contribution in [3.63, 3.8) is 0 Å². The molecule has 0 saturated heterocycles. The molecule has 2 N–H and O–H groups in total. The number of carbonyl (C=O) groups excluding carboxylic acids is 3. The lowest BCUT2D eigenvalue weighted by atomic mass is 10.1. The summed E-state index contributed by atoms with van der Waals surface area (Å²) in [5, 5.41) is 5.46. The van der Waals surface area contributed by atoms with Gasteiger partial charge in [-0.2, -0.15) is 0 Å². The summed E-state index contributed by atoms with van der Waals surface area (Å²) in [6.45, 7) is 1.38. The van der Waals surface area contributed by atoms with Gasteiger partial charge in [0.1, 0.15) is 0 Å². The smallest absolute Gasteiger partial charge is 0.307 e. The van der Waals surface area contributed by atoms with E-state index in [1.54, 1.807) is 25.1 Å². The highest BCUT2D eigenvalue weighted by molar-refractivity contribution is 8.01. The van der Waals surface area contributed by atoms with Gasteiger partial charge in [0.05, 0.1) is 23.4 Å². The lowest BCUT2D eigenvalue weighted by Crippen LogP contribution is -2.34. The number of anilines is 1. The van der Waals surface area contributed by atoms with Crippen molar-refractivity contribution in [3.05, 3.63) is 59.1 Å². The van der Waals surface area contributed by atoms with E-state index in [0.29, 0.717) is 5.02 Å². The summed E-state index contributed by atoms with van der Waals surface area (Å²) in [6.07, 6.45) is -0.113. The van der Waals surface area contributed by atoms with Crippen LogP contribution in [0.5, 0.6) is 0 Å².